The monoisotopic (exact) mass is 416 g/mol. The molecule has 2 heterocycles. The molecule has 1 aliphatic rings. The second-order valence-electron chi connectivity index (χ2n) is 8.68. The molecule has 0 bridgehead atoms. The maximum Gasteiger partial charge on any atom is 0.232 e. The van der Waals surface area contributed by atoms with Gasteiger partial charge in [0.2, 0.25) is 11.0 Å². The number of nitrogens with one attached hydrogen (secondary N) is 1. The lowest BCUT2D eigenvalue weighted by atomic mass is 9.70. The third kappa shape index (κ3) is 5.34. The molecule has 2 aromatic rings. The van der Waals surface area contributed by atoms with Gasteiger partial charge in [-0.2, -0.15) is 0 Å². The molecule has 1 aromatic heterocycles. The number of hydrogen-bond donors (Lipinski definition) is 1. The zero-order valence-electron chi connectivity index (χ0n) is 18.1. The normalized spacial score (nSPS) is 16.1. The van der Waals surface area contributed by atoms with Crippen LogP contribution in [0.25, 0.3) is 0 Å². The Morgan fingerprint density at radius 3 is 2.41 bits per heavy atom. The highest BCUT2D eigenvalue weighted by Gasteiger charge is 2.38. The Bertz CT molecular complexity index is 810. The molecule has 1 aliphatic heterocycles. The third-order valence-electron chi connectivity index (χ3n) is 5.58. The lowest BCUT2D eigenvalue weighted by molar-refractivity contribution is -0.125. The highest BCUT2D eigenvalue weighted by molar-refractivity contribution is 7.15. The maximum atomic E-state index is 13.2. The Kier molecular flexibility index (Phi) is 6.90. The van der Waals surface area contributed by atoms with Gasteiger partial charge in [0.1, 0.15) is 5.01 Å². The zero-order valence-corrected chi connectivity index (χ0v) is 18.9. The van der Waals surface area contributed by atoms with E-state index < -0.39 is 5.41 Å². The number of aromatic nitrogens is 2. The number of anilines is 2. The van der Waals surface area contributed by atoms with Gasteiger partial charge in [-0.25, -0.2) is 0 Å². The maximum absolute atomic E-state index is 13.2. The van der Waals surface area contributed by atoms with Crippen molar-refractivity contribution in [1.82, 2.24) is 10.2 Å². The molecule has 1 fully saturated rings. The van der Waals surface area contributed by atoms with Gasteiger partial charge in [0.25, 0.3) is 0 Å². The zero-order chi connectivity index (χ0) is 21.0. The molecular weight excluding hydrogens is 384 g/mol. The smallest absolute Gasteiger partial charge is 0.232 e. The minimum atomic E-state index is -0.579. The third-order valence-corrected chi connectivity index (χ3v) is 6.34. The van der Waals surface area contributed by atoms with Gasteiger partial charge in [0.15, 0.2) is 0 Å². The summed E-state index contributed by atoms with van der Waals surface area (Å²) in [6.07, 6.45) is 0.937. The molecule has 0 aliphatic carbocycles. The van der Waals surface area contributed by atoms with Crippen LogP contribution in [0, 0.1) is 18.3 Å². The molecule has 1 aromatic carbocycles. The number of aryl methyl sites for hydroxylation is 1. The summed E-state index contributed by atoms with van der Waals surface area (Å²) < 4.78 is 5.45. The van der Waals surface area contributed by atoms with E-state index in [1.165, 1.54) is 22.6 Å². The highest BCUT2D eigenvalue weighted by atomic mass is 32.1. The van der Waals surface area contributed by atoms with Crippen molar-refractivity contribution in [3.05, 3.63) is 34.8 Å². The number of ether oxygens (including phenoxy) is 1. The van der Waals surface area contributed by atoms with Gasteiger partial charge < -0.3 is 15.0 Å². The fraction of sp³-hybridized carbons (Fsp3) is 0.591. The molecule has 1 unspecified atom stereocenters. The number of amides is 1. The molecule has 1 N–H and O–H groups in total. The quantitative estimate of drug-likeness (QED) is 0.721. The van der Waals surface area contributed by atoms with Crippen molar-refractivity contribution in [2.24, 2.45) is 11.3 Å². The van der Waals surface area contributed by atoms with Crippen LogP contribution in [0.4, 0.5) is 10.8 Å². The molecule has 1 saturated heterocycles. The molecule has 7 heteroatoms. The van der Waals surface area contributed by atoms with Crippen molar-refractivity contribution >= 4 is 28.1 Å². The van der Waals surface area contributed by atoms with E-state index >= 15 is 0 Å². The molecule has 0 spiro atoms. The average molecular weight is 417 g/mol. The Morgan fingerprint density at radius 2 is 1.86 bits per heavy atom. The topological polar surface area (TPSA) is 67.4 Å². The summed E-state index contributed by atoms with van der Waals surface area (Å²) >= 11 is 1.40. The molecule has 0 radical (unpaired) electrons. The van der Waals surface area contributed by atoms with Crippen molar-refractivity contribution in [3.63, 3.8) is 0 Å². The van der Waals surface area contributed by atoms with Crippen LogP contribution in [-0.2, 0) is 9.53 Å². The van der Waals surface area contributed by atoms with E-state index in [1.807, 2.05) is 20.8 Å². The molecule has 3 rings (SSSR count). The summed E-state index contributed by atoms with van der Waals surface area (Å²) in [6, 6.07) is 8.72. The first kappa shape index (κ1) is 21.7. The second-order valence-corrected chi connectivity index (χ2v) is 9.86. The van der Waals surface area contributed by atoms with Gasteiger partial charge in [-0.15, -0.1) is 10.2 Å². The van der Waals surface area contributed by atoms with Crippen LogP contribution in [0.5, 0.6) is 0 Å². The van der Waals surface area contributed by atoms with E-state index in [9.17, 15) is 4.79 Å². The van der Waals surface area contributed by atoms with Crippen LogP contribution >= 0.6 is 11.3 Å². The first-order valence-electron chi connectivity index (χ1n) is 10.3. The van der Waals surface area contributed by atoms with Crippen LogP contribution in [0.15, 0.2) is 24.3 Å². The van der Waals surface area contributed by atoms with Gasteiger partial charge >= 0.3 is 0 Å². The Hall–Kier alpha value is -1.99. The number of hydrogen-bond acceptors (Lipinski definition) is 6. The molecule has 158 valence electrons. The summed E-state index contributed by atoms with van der Waals surface area (Å²) in [4.78, 5) is 15.5. The van der Waals surface area contributed by atoms with E-state index in [0.29, 0.717) is 11.0 Å². The number of morpholine rings is 1. The summed E-state index contributed by atoms with van der Waals surface area (Å²) in [7, 11) is 0. The van der Waals surface area contributed by atoms with Crippen molar-refractivity contribution < 1.29 is 9.53 Å². The predicted molar refractivity (Wildman–Crippen MR) is 119 cm³/mol. The van der Waals surface area contributed by atoms with E-state index in [-0.39, 0.29) is 11.8 Å². The summed E-state index contributed by atoms with van der Waals surface area (Å²) in [5.41, 5.74) is 1.83. The van der Waals surface area contributed by atoms with Crippen molar-refractivity contribution in [2.75, 3.05) is 36.5 Å². The molecular formula is C22H32N4O2S. The SMILES string of the molecule is Cc1nnc(NC(=O)C(C)(C)C(CC(C)C)c2ccc(N3CCOCC3)cc2)s1. The standard InChI is InChI=1S/C22H32N4O2S/c1-15(2)14-19(22(4,5)20(27)23-21-25-24-16(3)29-21)17-6-8-18(9-7-17)26-10-12-28-13-11-26/h6-9,15,19H,10-14H2,1-5H3,(H,23,25,27). The first-order chi connectivity index (χ1) is 13.8. The summed E-state index contributed by atoms with van der Waals surface area (Å²) in [5.74, 6) is 0.571. The van der Waals surface area contributed by atoms with E-state index in [4.69, 9.17) is 4.74 Å². The number of benzene rings is 1. The number of nitrogens with zero attached hydrogens (tertiary/aromatic N) is 3. The number of carbonyl (C=O) groups is 1. The van der Waals surface area contributed by atoms with Crippen molar-refractivity contribution in [1.29, 1.82) is 0 Å². The molecule has 29 heavy (non-hydrogen) atoms. The minimum absolute atomic E-state index is 0.0171. The Morgan fingerprint density at radius 1 is 1.21 bits per heavy atom. The minimum Gasteiger partial charge on any atom is -0.378 e. The van der Waals surface area contributed by atoms with Crippen LogP contribution in [0.2, 0.25) is 0 Å². The lowest BCUT2D eigenvalue weighted by Gasteiger charge is -2.35. The predicted octanol–water partition coefficient (Wildman–Crippen LogP) is 4.48. The van der Waals surface area contributed by atoms with Crippen molar-refractivity contribution in [2.45, 2.75) is 47.0 Å². The van der Waals surface area contributed by atoms with Gasteiger partial charge in [-0.1, -0.05) is 51.2 Å². The van der Waals surface area contributed by atoms with E-state index in [1.54, 1.807) is 0 Å². The van der Waals surface area contributed by atoms with Crippen LogP contribution < -0.4 is 10.2 Å². The first-order valence-corrected chi connectivity index (χ1v) is 11.1. The Balaban J connectivity index is 1.81. The molecule has 1 amide bonds. The van der Waals surface area contributed by atoms with E-state index in [2.05, 4.69) is 58.5 Å². The van der Waals surface area contributed by atoms with Gasteiger partial charge in [0.05, 0.1) is 18.6 Å². The fourth-order valence-corrected chi connectivity index (χ4v) is 4.41. The van der Waals surface area contributed by atoms with Crippen molar-refractivity contribution in [3.8, 4) is 0 Å². The Labute approximate surface area is 177 Å². The number of carbonyl (C=O) groups excluding carboxylic acids is 1. The summed E-state index contributed by atoms with van der Waals surface area (Å²) in [6.45, 7) is 13.7. The highest BCUT2D eigenvalue weighted by Crippen LogP contribution is 2.41. The van der Waals surface area contributed by atoms with E-state index in [0.717, 1.165) is 37.7 Å². The van der Waals surface area contributed by atoms with Gasteiger partial charge in [-0.3, -0.25) is 4.79 Å². The largest absolute Gasteiger partial charge is 0.378 e. The lowest BCUT2D eigenvalue weighted by Crippen LogP contribution is -2.37. The summed E-state index contributed by atoms with van der Waals surface area (Å²) in [5, 5.41) is 12.4. The van der Waals surface area contributed by atoms with Gasteiger partial charge in [-0.05, 0) is 42.9 Å². The van der Waals surface area contributed by atoms with Crippen LogP contribution in [0.1, 0.15) is 50.6 Å². The van der Waals surface area contributed by atoms with Crippen LogP contribution in [-0.4, -0.2) is 42.4 Å². The average Bonchev–Trinajstić information content (AvgIpc) is 3.11. The van der Waals surface area contributed by atoms with Crippen LogP contribution in [0.3, 0.4) is 0 Å². The molecule has 1 atom stereocenters. The van der Waals surface area contributed by atoms with Gasteiger partial charge in [0, 0.05) is 18.8 Å². The second kappa shape index (κ2) is 9.22. The number of rotatable bonds is 7. The molecule has 6 nitrogen and oxygen atoms in total. The fourth-order valence-electron chi connectivity index (χ4n) is 3.82. The molecule has 0 saturated carbocycles.